The molecular formula is C18H17N3O2. The first-order chi connectivity index (χ1) is 11.2. The molecule has 2 aromatic carbocycles. The normalized spacial score (nSPS) is 11.2. The molecule has 0 aliphatic rings. The van der Waals surface area contributed by atoms with Crippen LogP contribution in [0, 0.1) is 0 Å². The van der Waals surface area contributed by atoms with Gasteiger partial charge in [0.05, 0.1) is 12.8 Å². The van der Waals surface area contributed by atoms with Crippen LogP contribution in [-0.4, -0.2) is 23.8 Å². The number of benzene rings is 2. The number of para-hydroxylation sites is 1. The van der Waals surface area contributed by atoms with Gasteiger partial charge in [0.15, 0.2) is 0 Å². The van der Waals surface area contributed by atoms with E-state index < -0.39 is 0 Å². The quantitative estimate of drug-likeness (QED) is 0.736. The Labute approximate surface area is 134 Å². The first kappa shape index (κ1) is 14.8. The third-order valence-corrected chi connectivity index (χ3v) is 3.57. The summed E-state index contributed by atoms with van der Waals surface area (Å²) in [6, 6.07) is 15.4. The predicted octanol–water partition coefficient (Wildman–Crippen LogP) is 2.89. The van der Waals surface area contributed by atoms with Crippen LogP contribution in [0.3, 0.4) is 0 Å². The summed E-state index contributed by atoms with van der Waals surface area (Å²) in [7, 11) is 1.63. The molecule has 0 radical (unpaired) electrons. The van der Waals surface area contributed by atoms with Crippen molar-refractivity contribution in [2.24, 2.45) is 10.7 Å². The number of nitrogens with two attached hydrogens (primary N) is 1. The fourth-order valence-corrected chi connectivity index (χ4v) is 2.49. The number of rotatable bonds is 5. The Morgan fingerprint density at radius 1 is 1.22 bits per heavy atom. The molecule has 3 aromatic rings. The molecule has 0 aliphatic heterocycles. The molecule has 1 heterocycles. The zero-order valence-electron chi connectivity index (χ0n) is 12.8. The lowest BCUT2D eigenvalue weighted by atomic mass is 10.2. The summed E-state index contributed by atoms with van der Waals surface area (Å²) < 4.78 is 6.97. The Kier molecular flexibility index (Phi) is 4.10. The van der Waals surface area contributed by atoms with Crippen LogP contribution in [0.25, 0.3) is 10.9 Å². The molecule has 0 saturated carbocycles. The van der Waals surface area contributed by atoms with Crippen LogP contribution in [0.4, 0.5) is 5.69 Å². The highest BCUT2D eigenvalue weighted by Crippen LogP contribution is 2.22. The maximum Gasteiger partial charge on any atom is 0.237 e. The molecule has 0 spiro atoms. The van der Waals surface area contributed by atoms with Crippen molar-refractivity contribution in [2.75, 3.05) is 7.11 Å². The van der Waals surface area contributed by atoms with Gasteiger partial charge in [-0.25, -0.2) is 0 Å². The van der Waals surface area contributed by atoms with Crippen molar-refractivity contribution >= 4 is 28.7 Å². The van der Waals surface area contributed by atoms with Crippen LogP contribution in [0.15, 0.2) is 59.7 Å². The topological polar surface area (TPSA) is 69.6 Å². The minimum absolute atomic E-state index is 0.150. The SMILES string of the molecule is COc1ccc(N=Cc2cn(CC(N)=O)c3ccccc23)cc1. The first-order valence-corrected chi connectivity index (χ1v) is 7.21. The fraction of sp³-hybridized carbons (Fsp3) is 0.111. The number of nitrogens with zero attached hydrogens (tertiary/aromatic N) is 2. The molecule has 116 valence electrons. The van der Waals surface area contributed by atoms with E-state index >= 15 is 0 Å². The number of primary amides is 1. The van der Waals surface area contributed by atoms with Gasteiger partial charge in [0.1, 0.15) is 12.3 Å². The summed E-state index contributed by atoms with van der Waals surface area (Å²) in [6.07, 6.45) is 3.68. The van der Waals surface area contributed by atoms with E-state index in [1.807, 2.05) is 59.3 Å². The lowest BCUT2D eigenvalue weighted by molar-refractivity contribution is -0.118. The van der Waals surface area contributed by atoms with E-state index in [1.165, 1.54) is 0 Å². The van der Waals surface area contributed by atoms with Crippen molar-refractivity contribution < 1.29 is 9.53 Å². The maximum atomic E-state index is 11.2. The number of carbonyl (C=O) groups excluding carboxylic acids is 1. The Bertz CT molecular complexity index is 864. The number of aromatic nitrogens is 1. The smallest absolute Gasteiger partial charge is 0.237 e. The molecule has 0 aliphatic carbocycles. The average molecular weight is 307 g/mol. The molecule has 1 aromatic heterocycles. The van der Waals surface area contributed by atoms with Gasteiger partial charge in [-0.2, -0.15) is 0 Å². The summed E-state index contributed by atoms with van der Waals surface area (Å²) >= 11 is 0. The zero-order chi connectivity index (χ0) is 16.2. The highest BCUT2D eigenvalue weighted by atomic mass is 16.5. The molecule has 1 amide bonds. The van der Waals surface area contributed by atoms with Crippen LogP contribution >= 0.6 is 0 Å². The van der Waals surface area contributed by atoms with E-state index in [4.69, 9.17) is 10.5 Å². The summed E-state index contributed by atoms with van der Waals surface area (Å²) in [6.45, 7) is 0.150. The van der Waals surface area contributed by atoms with Crippen LogP contribution < -0.4 is 10.5 Å². The van der Waals surface area contributed by atoms with Gasteiger partial charge in [-0.15, -0.1) is 0 Å². The van der Waals surface area contributed by atoms with Gasteiger partial charge < -0.3 is 15.0 Å². The standard InChI is InChI=1S/C18H17N3O2/c1-23-15-8-6-14(7-9-15)20-10-13-11-21(12-18(19)22)17-5-3-2-4-16(13)17/h2-11H,12H2,1H3,(H2,19,22). The maximum absolute atomic E-state index is 11.2. The minimum Gasteiger partial charge on any atom is -0.497 e. The predicted molar refractivity (Wildman–Crippen MR) is 91.4 cm³/mol. The second-order valence-electron chi connectivity index (χ2n) is 5.15. The van der Waals surface area contributed by atoms with Crippen molar-refractivity contribution in [2.45, 2.75) is 6.54 Å². The van der Waals surface area contributed by atoms with Gasteiger partial charge >= 0.3 is 0 Å². The molecule has 0 bridgehead atoms. The van der Waals surface area contributed by atoms with Crippen molar-refractivity contribution in [1.29, 1.82) is 0 Å². The van der Waals surface area contributed by atoms with E-state index in [1.54, 1.807) is 13.3 Å². The third kappa shape index (κ3) is 3.23. The monoisotopic (exact) mass is 307 g/mol. The van der Waals surface area contributed by atoms with E-state index in [-0.39, 0.29) is 12.5 Å². The molecule has 0 unspecified atom stereocenters. The first-order valence-electron chi connectivity index (χ1n) is 7.21. The van der Waals surface area contributed by atoms with Crippen molar-refractivity contribution in [3.8, 4) is 5.75 Å². The number of fused-ring (bicyclic) bond motifs is 1. The Hall–Kier alpha value is -3.08. The molecule has 0 fully saturated rings. The van der Waals surface area contributed by atoms with Gasteiger partial charge in [0.25, 0.3) is 0 Å². The second-order valence-corrected chi connectivity index (χ2v) is 5.15. The third-order valence-electron chi connectivity index (χ3n) is 3.57. The van der Waals surface area contributed by atoms with Gasteiger partial charge in [0, 0.05) is 28.9 Å². The zero-order valence-corrected chi connectivity index (χ0v) is 12.8. The van der Waals surface area contributed by atoms with Crippen LogP contribution in [0.5, 0.6) is 5.75 Å². The number of aliphatic imine (C=N–C) groups is 1. The summed E-state index contributed by atoms with van der Waals surface area (Å²) in [5.74, 6) is 0.423. The van der Waals surface area contributed by atoms with Gasteiger partial charge in [-0.1, -0.05) is 18.2 Å². The Morgan fingerprint density at radius 3 is 2.65 bits per heavy atom. The number of hydrogen-bond acceptors (Lipinski definition) is 3. The van der Waals surface area contributed by atoms with Crippen LogP contribution in [-0.2, 0) is 11.3 Å². The van der Waals surface area contributed by atoms with E-state index in [0.717, 1.165) is 27.9 Å². The van der Waals surface area contributed by atoms with Gasteiger partial charge in [0.2, 0.25) is 5.91 Å². The molecule has 0 atom stereocenters. The summed E-state index contributed by atoms with van der Waals surface area (Å²) in [5, 5.41) is 1.03. The highest BCUT2D eigenvalue weighted by molar-refractivity contribution is 6.00. The summed E-state index contributed by atoms with van der Waals surface area (Å²) in [4.78, 5) is 15.7. The number of ether oxygens (including phenoxy) is 1. The summed E-state index contributed by atoms with van der Waals surface area (Å²) in [5.41, 5.74) is 8.05. The second kappa shape index (κ2) is 6.36. The molecule has 5 nitrogen and oxygen atoms in total. The van der Waals surface area contributed by atoms with Gasteiger partial charge in [-0.3, -0.25) is 9.79 Å². The molecular weight excluding hydrogens is 290 g/mol. The van der Waals surface area contributed by atoms with E-state index in [0.29, 0.717) is 0 Å². The highest BCUT2D eigenvalue weighted by Gasteiger charge is 2.08. The van der Waals surface area contributed by atoms with Gasteiger partial charge in [-0.05, 0) is 30.3 Å². The van der Waals surface area contributed by atoms with Crippen molar-refractivity contribution in [3.63, 3.8) is 0 Å². The van der Waals surface area contributed by atoms with E-state index in [9.17, 15) is 4.79 Å². The van der Waals surface area contributed by atoms with E-state index in [2.05, 4.69) is 4.99 Å². The largest absolute Gasteiger partial charge is 0.497 e. The van der Waals surface area contributed by atoms with Crippen LogP contribution in [0.2, 0.25) is 0 Å². The van der Waals surface area contributed by atoms with Crippen LogP contribution in [0.1, 0.15) is 5.56 Å². The Balaban J connectivity index is 1.95. The molecule has 0 saturated heterocycles. The molecule has 23 heavy (non-hydrogen) atoms. The minimum atomic E-state index is -0.371. The average Bonchev–Trinajstić information content (AvgIpc) is 2.91. The fourth-order valence-electron chi connectivity index (χ4n) is 2.49. The lowest BCUT2D eigenvalue weighted by Crippen LogP contribution is -2.17. The molecule has 5 heteroatoms. The Morgan fingerprint density at radius 2 is 1.96 bits per heavy atom. The van der Waals surface area contributed by atoms with Crippen molar-refractivity contribution in [1.82, 2.24) is 4.57 Å². The number of hydrogen-bond donors (Lipinski definition) is 1. The molecule has 2 N–H and O–H groups in total. The van der Waals surface area contributed by atoms with Crippen molar-refractivity contribution in [3.05, 3.63) is 60.3 Å². The lowest BCUT2D eigenvalue weighted by Gasteiger charge is -2.00. The number of carbonyl (C=O) groups is 1. The molecule has 3 rings (SSSR count). The number of amides is 1. The number of methoxy groups -OCH3 is 1.